The second-order valence-electron chi connectivity index (χ2n) is 8.51. The van der Waals surface area contributed by atoms with E-state index < -0.39 is 83.8 Å². The van der Waals surface area contributed by atoms with E-state index in [1.54, 1.807) is 6.92 Å². The molecule has 2 N–H and O–H groups in total. The van der Waals surface area contributed by atoms with Crippen LogP contribution in [0.1, 0.15) is 62.7 Å². The highest BCUT2D eigenvalue weighted by molar-refractivity contribution is 5.91. The first-order chi connectivity index (χ1) is 15.3. The maximum atomic E-state index is 12.9. The van der Waals surface area contributed by atoms with Crippen LogP contribution >= 0.6 is 0 Å². The molecule has 4 fully saturated rings. The number of aliphatic hydroxyl groups is 2. The minimum Gasteiger partial charge on any atom is -0.389 e. The highest BCUT2D eigenvalue weighted by Crippen LogP contribution is 2.71. The van der Waals surface area contributed by atoms with Gasteiger partial charge in [-0.1, -0.05) is 12.5 Å². The molecule has 0 aromatic carbocycles. The summed E-state index contributed by atoms with van der Waals surface area (Å²) >= 11 is 0. The highest BCUT2D eigenvalue weighted by atomic mass is 16.6. The van der Waals surface area contributed by atoms with Crippen molar-refractivity contribution in [2.45, 2.75) is 64.2 Å². The molecule has 1 unspecified atom stereocenters. The number of aliphatic hydroxyl groups excluding tert-OH is 1. The Bertz CT molecular complexity index is 1020. The lowest BCUT2D eigenvalue weighted by Crippen LogP contribution is -2.55. The smallest absolute Gasteiger partial charge is 0.162 e. The number of rotatable bonds is 2. The second-order valence-corrected chi connectivity index (χ2v) is 8.51. The number of fused-ring (bicyclic) bond motifs is 6. The predicted octanol–water partition coefficient (Wildman–Crippen LogP) is 2.00. The fourth-order valence-corrected chi connectivity index (χ4v) is 6.67. The number of carbonyl (C=O) groups excluding carboxylic acids is 2. The van der Waals surface area contributed by atoms with Gasteiger partial charge in [-0.2, -0.15) is 0 Å². The summed E-state index contributed by atoms with van der Waals surface area (Å²) in [5, 5.41) is 20.9. The van der Waals surface area contributed by atoms with Crippen molar-refractivity contribution < 1.29 is 35.5 Å². The lowest BCUT2D eigenvalue weighted by Gasteiger charge is -2.57. The van der Waals surface area contributed by atoms with E-state index in [-0.39, 0.29) is 37.7 Å². The first-order valence-electron chi connectivity index (χ1n) is 13.2. The number of hydrogen-bond donors (Lipinski definition) is 2. The van der Waals surface area contributed by atoms with Crippen LogP contribution in [0.3, 0.4) is 0 Å². The standard InChI is InChI=1S/C21H28O5/c1-20-7-6-12(23)8-11(20)2-3-13-14-4-5-15(16(24)10-22)21(14)9-17(18(13)20)26-19(21)25/h8,13-15,17-19,22,25H,2-7,9-10H2,1H3/t13-,14-,15+,17-,18+,19?,20-,21+/m0/s1/i2D2,6D2,8D,10D2,15D. The zero-order valence-electron chi connectivity index (χ0n) is 22.5. The van der Waals surface area contributed by atoms with Gasteiger partial charge in [0.15, 0.2) is 17.9 Å². The zero-order chi connectivity index (χ0) is 25.4. The Balaban J connectivity index is 1.68. The summed E-state index contributed by atoms with van der Waals surface area (Å²) in [7, 11) is 0. The van der Waals surface area contributed by atoms with Gasteiger partial charge in [0.2, 0.25) is 0 Å². The molecule has 5 heteroatoms. The van der Waals surface area contributed by atoms with Gasteiger partial charge in [0.05, 0.1) is 10.2 Å². The van der Waals surface area contributed by atoms with Crippen LogP contribution < -0.4 is 0 Å². The van der Waals surface area contributed by atoms with Crippen molar-refractivity contribution in [3.8, 4) is 0 Å². The van der Waals surface area contributed by atoms with Crippen LogP contribution in [0.15, 0.2) is 11.6 Å². The van der Waals surface area contributed by atoms with E-state index in [4.69, 9.17) is 15.7 Å². The molecule has 1 heterocycles. The first kappa shape index (κ1) is 10.5. The number of allylic oxidation sites excluding steroid dienone is 1. The maximum Gasteiger partial charge on any atom is 0.162 e. The van der Waals surface area contributed by atoms with Gasteiger partial charge in [-0.25, -0.2) is 0 Å². The van der Waals surface area contributed by atoms with E-state index in [1.807, 2.05) is 0 Å². The number of carbonyl (C=O) groups is 2. The molecule has 0 aromatic rings. The largest absolute Gasteiger partial charge is 0.389 e. The van der Waals surface area contributed by atoms with Crippen LogP contribution in [-0.2, 0) is 14.3 Å². The summed E-state index contributed by atoms with van der Waals surface area (Å²) in [6, 6.07) is -0.664. The molecule has 0 aromatic heterocycles. The van der Waals surface area contributed by atoms with Crippen LogP contribution in [0, 0.1) is 34.5 Å². The lowest BCUT2D eigenvalue weighted by atomic mass is 9.46. The molecule has 0 radical (unpaired) electrons. The second kappa shape index (κ2) is 5.49. The SMILES string of the molecule is [2H]C1=C2C([2H])([2H])C[C@@H]3[C@H]([C@@H]4C[C@@]5(C(O)O4)[C@H]3CC[C@]5([2H])C(=O)C([2H])([2H])O)[C@@]2(C)CC([2H])([2H])C1=O. The van der Waals surface area contributed by atoms with Crippen LogP contribution in [0.4, 0.5) is 0 Å². The molecule has 1 aliphatic heterocycles. The van der Waals surface area contributed by atoms with Crippen LogP contribution in [0.5, 0.6) is 0 Å². The normalized spacial score (nSPS) is 64.3. The number of hydrogen-bond acceptors (Lipinski definition) is 5. The average Bonchev–Trinajstić information content (AvgIpc) is 3.13. The average molecular weight is 368 g/mol. The lowest BCUT2D eigenvalue weighted by molar-refractivity contribution is -0.160. The molecule has 1 saturated heterocycles. The van der Waals surface area contributed by atoms with Gasteiger partial charge >= 0.3 is 0 Å². The Labute approximate surface area is 165 Å². The minimum atomic E-state index is -3.29. The van der Waals surface area contributed by atoms with E-state index >= 15 is 0 Å². The van der Waals surface area contributed by atoms with E-state index in [9.17, 15) is 19.8 Å². The van der Waals surface area contributed by atoms with Gasteiger partial charge < -0.3 is 14.9 Å². The first-order valence-corrected chi connectivity index (χ1v) is 9.22. The van der Waals surface area contributed by atoms with Crippen molar-refractivity contribution in [2.75, 3.05) is 6.56 Å². The van der Waals surface area contributed by atoms with Gasteiger partial charge in [0, 0.05) is 24.5 Å². The van der Waals surface area contributed by atoms with Crippen LogP contribution in [0.25, 0.3) is 0 Å². The summed E-state index contributed by atoms with van der Waals surface area (Å²) in [6.07, 6.45) is -7.41. The molecule has 1 spiro atoms. The third-order valence-electron chi connectivity index (χ3n) is 7.64. The molecule has 8 atom stereocenters. The molecule has 3 saturated carbocycles. The van der Waals surface area contributed by atoms with Gasteiger partial charge in [-0.3, -0.25) is 9.59 Å². The summed E-state index contributed by atoms with van der Waals surface area (Å²) in [5.41, 5.74) is -2.88. The molecule has 2 bridgehead atoms. The monoisotopic (exact) mass is 368 g/mol. The highest BCUT2D eigenvalue weighted by Gasteiger charge is 2.71. The van der Waals surface area contributed by atoms with Crippen molar-refractivity contribution >= 4 is 11.6 Å². The fraction of sp³-hybridized carbons (Fsp3) is 0.810. The molecular weight excluding hydrogens is 332 g/mol. The summed E-state index contributed by atoms with van der Waals surface area (Å²) < 4.78 is 72.4. The van der Waals surface area contributed by atoms with Crippen molar-refractivity contribution in [3.63, 3.8) is 0 Å². The Kier molecular flexibility index (Phi) is 2.22. The predicted molar refractivity (Wildman–Crippen MR) is 92.9 cm³/mol. The van der Waals surface area contributed by atoms with Crippen molar-refractivity contribution in [3.05, 3.63) is 11.6 Å². The van der Waals surface area contributed by atoms with Crippen molar-refractivity contribution in [1.82, 2.24) is 0 Å². The van der Waals surface area contributed by atoms with Crippen molar-refractivity contribution in [1.29, 1.82) is 0 Å². The van der Waals surface area contributed by atoms with E-state index in [0.29, 0.717) is 0 Å². The number of Topliss-reactive ketones (excluding diaryl/α,β-unsaturated/α-hetero) is 1. The minimum absolute atomic E-state index is 0.0124. The van der Waals surface area contributed by atoms with Crippen LogP contribution in [0.2, 0.25) is 0 Å². The van der Waals surface area contributed by atoms with Gasteiger partial charge in [-0.05, 0) is 67.7 Å². The number of ether oxygens (including phenoxy) is 1. The summed E-state index contributed by atoms with van der Waals surface area (Å²) in [5.74, 6) is -6.36. The maximum absolute atomic E-state index is 12.9. The van der Waals surface area contributed by atoms with Gasteiger partial charge in [0.25, 0.3) is 0 Å². The molecule has 5 aliphatic rings. The molecule has 5 nitrogen and oxygen atoms in total. The van der Waals surface area contributed by atoms with Gasteiger partial charge in [0.1, 0.15) is 6.56 Å². The fourth-order valence-electron chi connectivity index (χ4n) is 6.67. The molecule has 4 aliphatic carbocycles. The summed E-state index contributed by atoms with van der Waals surface area (Å²) in [6.45, 7) is -1.65. The molecule has 0 amide bonds. The number of ketones is 2. The van der Waals surface area contributed by atoms with E-state index in [2.05, 4.69) is 0 Å². The molecular formula is C21H28O5. The Morgan fingerprint density at radius 1 is 1.50 bits per heavy atom. The Hall–Kier alpha value is -1.04. The third-order valence-corrected chi connectivity index (χ3v) is 7.64. The molecule has 142 valence electrons. The van der Waals surface area contributed by atoms with E-state index in [1.165, 1.54) is 0 Å². The quantitative estimate of drug-likeness (QED) is 0.779. The Morgan fingerprint density at radius 2 is 2.31 bits per heavy atom. The molecule has 5 rings (SSSR count). The Morgan fingerprint density at radius 3 is 3.08 bits per heavy atom. The topological polar surface area (TPSA) is 83.8 Å². The zero-order valence-corrected chi connectivity index (χ0v) is 14.5. The van der Waals surface area contributed by atoms with E-state index in [0.717, 1.165) is 0 Å². The summed E-state index contributed by atoms with van der Waals surface area (Å²) in [4.78, 5) is 25.5. The van der Waals surface area contributed by atoms with Gasteiger partial charge in [-0.15, -0.1) is 0 Å². The molecule has 26 heavy (non-hydrogen) atoms. The van der Waals surface area contributed by atoms with Crippen molar-refractivity contribution in [2.24, 2.45) is 34.5 Å². The van der Waals surface area contributed by atoms with Crippen LogP contribution in [-0.4, -0.2) is 40.7 Å². The third kappa shape index (κ3) is 1.92.